The van der Waals surface area contributed by atoms with Crippen molar-refractivity contribution in [2.45, 2.75) is 25.9 Å². The number of likely N-dealkylation sites (tertiary alicyclic amines) is 1. The molecule has 1 N–H and O–H groups in total. The van der Waals surface area contributed by atoms with Crippen molar-refractivity contribution < 1.29 is 14.3 Å². The third-order valence-corrected chi connectivity index (χ3v) is 4.85. The number of aromatic nitrogens is 1. The quantitative estimate of drug-likeness (QED) is 0.859. The summed E-state index contributed by atoms with van der Waals surface area (Å²) in [6.45, 7) is 4.41. The van der Waals surface area contributed by atoms with Crippen molar-refractivity contribution in [2.24, 2.45) is 17.8 Å². The number of nitrogens with zero attached hydrogens (tertiary/aromatic N) is 2. The standard InChI is InChI=1S/C16H21FN2O2/c1-10(16(21)14-4-3-12(17)6-18-14)7-19-8-11-2-5-15(20)13(11)9-19/h3-4,6,10-11,13,15,20H,2,5,7-9H2,1H3. The van der Waals surface area contributed by atoms with Crippen LogP contribution < -0.4 is 0 Å². The SMILES string of the molecule is CC(CN1CC2CCC(O)C2C1)C(=O)c1ccc(F)cn1. The topological polar surface area (TPSA) is 53.4 Å². The minimum absolute atomic E-state index is 0.0485. The summed E-state index contributed by atoms with van der Waals surface area (Å²) in [5.41, 5.74) is 0.323. The van der Waals surface area contributed by atoms with Gasteiger partial charge in [0.15, 0.2) is 5.78 Å². The van der Waals surface area contributed by atoms with Crippen molar-refractivity contribution >= 4 is 5.78 Å². The van der Waals surface area contributed by atoms with Crippen molar-refractivity contribution in [1.29, 1.82) is 0 Å². The van der Waals surface area contributed by atoms with Gasteiger partial charge in [0, 0.05) is 31.5 Å². The van der Waals surface area contributed by atoms with Crippen molar-refractivity contribution in [3.63, 3.8) is 0 Å². The smallest absolute Gasteiger partial charge is 0.185 e. The number of Topliss-reactive ketones (excluding diaryl/α,β-unsaturated/α-hetero) is 1. The maximum atomic E-state index is 12.8. The maximum Gasteiger partial charge on any atom is 0.185 e. The molecule has 21 heavy (non-hydrogen) atoms. The van der Waals surface area contributed by atoms with E-state index in [-0.39, 0.29) is 17.8 Å². The lowest BCUT2D eigenvalue weighted by molar-refractivity contribution is 0.0885. The molecule has 4 unspecified atom stereocenters. The van der Waals surface area contributed by atoms with E-state index in [1.54, 1.807) is 0 Å². The van der Waals surface area contributed by atoms with E-state index in [1.807, 2.05) is 6.92 Å². The minimum Gasteiger partial charge on any atom is -0.393 e. The van der Waals surface area contributed by atoms with Gasteiger partial charge in [0.2, 0.25) is 0 Å². The molecule has 114 valence electrons. The molecule has 4 nitrogen and oxygen atoms in total. The minimum atomic E-state index is -0.430. The van der Waals surface area contributed by atoms with Gasteiger partial charge < -0.3 is 10.0 Å². The second-order valence-corrected chi connectivity index (χ2v) is 6.41. The molecule has 1 saturated carbocycles. The molecule has 2 heterocycles. The molecule has 0 spiro atoms. The molecule has 1 saturated heterocycles. The van der Waals surface area contributed by atoms with E-state index in [0.717, 1.165) is 32.1 Å². The van der Waals surface area contributed by atoms with Crippen LogP contribution in [0.2, 0.25) is 0 Å². The number of carbonyl (C=O) groups is 1. The third kappa shape index (κ3) is 2.99. The summed E-state index contributed by atoms with van der Waals surface area (Å²) < 4.78 is 12.8. The number of hydrogen-bond acceptors (Lipinski definition) is 4. The molecule has 1 aromatic rings. The summed E-state index contributed by atoms with van der Waals surface area (Å²) in [5, 5.41) is 9.93. The Morgan fingerprint density at radius 3 is 2.95 bits per heavy atom. The summed E-state index contributed by atoms with van der Waals surface area (Å²) in [6.07, 6.45) is 2.91. The van der Waals surface area contributed by atoms with E-state index in [1.165, 1.54) is 12.1 Å². The summed E-state index contributed by atoms with van der Waals surface area (Å²) in [6, 6.07) is 2.71. The molecular formula is C16H21FN2O2. The van der Waals surface area contributed by atoms with Gasteiger partial charge in [0.1, 0.15) is 11.5 Å². The Kier molecular flexibility index (Phi) is 4.04. The fourth-order valence-corrected chi connectivity index (χ4v) is 3.72. The average Bonchev–Trinajstić information content (AvgIpc) is 3.01. The Balaban J connectivity index is 1.58. The van der Waals surface area contributed by atoms with Crippen molar-refractivity contribution in [1.82, 2.24) is 9.88 Å². The Labute approximate surface area is 124 Å². The van der Waals surface area contributed by atoms with Gasteiger partial charge in [-0.05, 0) is 30.9 Å². The molecule has 0 bridgehead atoms. The Bertz CT molecular complexity index is 520. The van der Waals surface area contributed by atoms with Crippen LogP contribution in [-0.2, 0) is 0 Å². The summed E-state index contributed by atoms with van der Waals surface area (Å²) >= 11 is 0. The first-order chi connectivity index (χ1) is 10.0. The number of aliphatic hydroxyl groups excluding tert-OH is 1. The first-order valence-electron chi connectivity index (χ1n) is 7.61. The number of halogens is 1. The average molecular weight is 292 g/mol. The van der Waals surface area contributed by atoms with Crippen molar-refractivity contribution in [3.8, 4) is 0 Å². The van der Waals surface area contributed by atoms with Crippen LogP contribution in [0.15, 0.2) is 18.3 Å². The highest BCUT2D eigenvalue weighted by Crippen LogP contribution is 2.38. The van der Waals surface area contributed by atoms with Gasteiger partial charge in [0.25, 0.3) is 0 Å². The van der Waals surface area contributed by atoms with Crippen LogP contribution in [0, 0.1) is 23.6 Å². The molecule has 2 aliphatic rings. The molecule has 0 radical (unpaired) electrons. The van der Waals surface area contributed by atoms with Gasteiger partial charge in [-0.25, -0.2) is 4.39 Å². The zero-order valence-corrected chi connectivity index (χ0v) is 12.2. The monoisotopic (exact) mass is 292 g/mol. The lowest BCUT2D eigenvalue weighted by Gasteiger charge is -2.21. The third-order valence-electron chi connectivity index (χ3n) is 4.85. The lowest BCUT2D eigenvalue weighted by Crippen LogP contribution is -2.32. The maximum absolute atomic E-state index is 12.8. The fourth-order valence-electron chi connectivity index (χ4n) is 3.72. The number of rotatable bonds is 4. The molecule has 1 aliphatic heterocycles. The molecule has 1 aromatic heterocycles. The molecule has 3 rings (SSSR count). The molecule has 2 fully saturated rings. The van der Waals surface area contributed by atoms with Crippen LogP contribution in [0.25, 0.3) is 0 Å². The van der Waals surface area contributed by atoms with Gasteiger partial charge in [-0.15, -0.1) is 0 Å². The number of ketones is 1. The summed E-state index contributed by atoms with van der Waals surface area (Å²) in [5.74, 6) is 0.301. The van der Waals surface area contributed by atoms with Crippen molar-refractivity contribution in [2.75, 3.05) is 19.6 Å². The highest BCUT2D eigenvalue weighted by atomic mass is 19.1. The number of fused-ring (bicyclic) bond motifs is 1. The highest BCUT2D eigenvalue weighted by molar-refractivity contribution is 5.95. The van der Waals surface area contributed by atoms with E-state index >= 15 is 0 Å². The van der Waals surface area contributed by atoms with Crippen LogP contribution in [0.4, 0.5) is 4.39 Å². The predicted molar refractivity (Wildman–Crippen MR) is 76.4 cm³/mol. The van der Waals surface area contributed by atoms with Crippen LogP contribution in [0.3, 0.4) is 0 Å². The largest absolute Gasteiger partial charge is 0.393 e. The number of aliphatic hydroxyl groups is 1. The van der Waals surface area contributed by atoms with Crippen LogP contribution >= 0.6 is 0 Å². The number of hydrogen-bond donors (Lipinski definition) is 1. The van der Waals surface area contributed by atoms with Gasteiger partial charge in [-0.3, -0.25) is 9.78 Å². The Hall–Kier alpha value is -1.33. The van der Waals surface area contributed by atoms with E-state index < -0.39 is 5.82 Å². The normalized spacial score (nSPS) is 30.3. The van der Waals surface area contributed by atoms with E-state index in [4.69, 9.17) is 0 Å². The van der Waals surface area contributed by atoms with Crippen LogP contribution in [0.1, 0.15) is 30.3 Å². The number of carbonyl (C=O) groups excluding carboxylic acids is 1. The van der Waals surface area contributed by atoms with Crippen LogP contribution in [-0.4, -0.2) is 46.5 Å². The van der Waals surface area contributed by atoms with E-state index in [9.17, 15) is 14.3 Å². The first kappa shape index (κ1) is 14.6. The Morgan fingerprint density at radius 2 is 2.29 bits per heavy atom. The summed E-state index contributed by atoms with van der Waals surface area (Å²) in [7, 11) is 0. The number of pyridine rings is 1. The zero-order chi connectivity index (χ0) is 15.0. The molecule has 0 aromatic carbocycles. The molecule has 0 amide bonds. The lowest BCUT2D eigenvalue weighted by atomic mass is 10.00. The van der Waals surface area contributed by atoms with Gasteiger partial charge in [0.05, 0.1) is 12.3 Å². The molecular weight excluding hydrogens is 271 g/mol. The van der Waals surface area contributed by atoms with E-state index in [0.29, 0.717) is 24.1 Å². The van der Waals surface area contributed by atoms with Crippen LogP contribution in [0.5, 0.6) is 0 Å². The fraction of sp³-hybridized carbons (Fsp3) is 0.625. The van der Waals surface area contributed by atoms with Gasteiger partial charge >= 0.3 is 0 Å². The molecule has 4 atom stereocenters. The zero-order valence-electron chi connectivity index (χ0n) is 12.2. The van der Waals surface area contributed by atoms with Gasteiger partial charge in [-0.2, -0.15) is 0 Å². The second kappa shape index (κ2) is 5.81. The molecule has 1 aliphatic carbocycles. The summed E-state index contributed by atoms with van der Waals surface area (Å²) in [4.78, 5) is 18.4. The Morgan fingerprint density at radius 1 is 1.48 bits per heavy atom. The second-order valence-electron chi connectivity index (χ2n) is 6.41. The molecule has 5 heteroatoms. The predicted octanol–water partition coefficient (Wildman–Crippen LogP) is 1.74. The first-order valence-corrected chi connectivity index (χ1v) is 7.61. The van der Waals surface area contributed by atoms with Crippen molar-refractivity contribution in [3.05, 3.63) is 29.8 Å². The van der Waals surface area contributed by atoms with Gasteiger partial charge in [-0.1, -0.05) is 6.92 Å². The highest BCUT2D eigenvalue weighted by Gasteiger charge is 2.42. The van der Waals surface area contributed by atoms with E-state index in [2.05, 4.69) is 9.88 Å².